The molecule has 2 aromatic rings. The van der Waals surface area contributed by atoms with Gasteiger partial charge >= 0.3 is 6.03 Å². The van der Waals surface area contributed by atoms with Crippen LogP contribution < -0.4 is 5.32 Å². The van der Waals surface area contributed by atoms with Crippen LogP contribution in [0.3, 0.4) is 0 Å². The van der Waals surface area contributed by atoms with Crippen molar-refractivity contribution in [3.8, 4) is 0 Å². The number of nitrogens with zero attached hydrogens (tertiary/aromatic N) is 2. The van der Waals surface area contributed by atoms with Crippen LogP contribution >= 0.6 is 0 Å². The number of likely N-dealkylation sites (tertiary alicyclic amines) is 2. The van der Waals surface area contributed by atoms with Crippen molar-refractivity contribution in [3.05, 3.63) is 71.3 Å². The molecule has 2 saturated heterocycles. The van der Waals surface area contributed by atoms with Crippen LogP contribution in [0.2, 0.25) is 0 Å². The second-order valence-electron chi connectivity index (χ2n) is 7.75. The van der Waals surface area contributed by atoms with E-state index in [1.54, 1.807) is 0 Å². The number of hydrogen-bond donors (Lipinski definition) is 1. The molecular weight excluding hydrogens is 334 g/mol. The summed E-state index contributed by atoms with van der Waals surface area (Å²) in [5.74, 6) is 0.458. The van der Waals surface area contributed by atoms with Gasteiger partial charge in [-0.3, -0.25) is 4.90 Å². The molecule has 4 rings (SSSR count). The van der Waals surface area contributed by atoms with Crippen LogP contribution in [0.1, 0.15) is 41.9 Å². The minimum Gasteiger partial charge on any atom is -0.334 e. The Morgan fingerprint density at radius 3 is 2.41 bits per heavy atom. The van der Waals surface area contributed by atoms with Crippen LogP contribution in [0.15, 0.2) is 54.6 Å². The van der Waals surface area contributed by atoms with Gasteiger partial charge in [-0.1, -0.05) is 54.6 Å². The van der Waals surface area contributed by atoms with Crippen molar-refractivity contribution in [2.45, 2.75) is 38.3 Å². The molecule has 1 N–H and O–H groups in total. The first kappa shape index (κ1) is 18.1. The van der Waals surface area contributed by atoms with Gasteiger partial charge in [-0.15, -0.1) is 0 Å². The summed E-state index contributed by atoms with van der Waals surface area (Å²) >= 11 is 0. The van der Waals surface area contributed by atoms with E-state index >= 15 is 0 Å². The molecule has 4 heteroatoms. The lowest BCUT2D eigenvalue weighted by Gasteiger charge is -2.20. The van der Waals surface area contributed by atoms with E-state index in [1.165, 1.54) is 42.6 Å². The van der Waals surface area contributed by atoms with Gasteiger partial charge in [0, 0.05) is 32.1 Å². The Kier molecular flexibility index (Phi) is 5.73. The molecule has 2 aromatic carbocycles. The molecule has 27 heavy (non-hydrogen) atoms. The summed E-state index contributed by atoms with van der Waals surface area (Å²) in [6, 6.07) is 19.1. The fourth-order valence-electron chi connectivity index (χ4n) is 4.29. The fraction of sp³-hybridized carbons (Fsp3) is 0.435. The summed E-state index contributed by atoms with van der Waals surface area (Å²) in [4.78, 5) is 17.1. The average molecular weight is 364 g/mol. The highest BCUT2D eigenvalue weighted by atomic mass is 16.2. The first-order chi connectivity index (χ1) is 13.3. The highest BCUT2D eigenvalue weighted by molar-refractivity contribution is 5.74. The summed E-state index contributed by atoms with van der Waals surface area (Å²) in [5, 5.41) is 3.15. The molecule has 1 atom stereocenters. The molecule has 142 valence electrons. The minimum absolute atomic E-state index is 0.0596. The third-order valence-corrected chi connectivity index (χ3v) is 5.89. The van der Waals surface area contributed by atoms with Crippen LogP contribution in [0.4, 0.5) is 4.79 Å². The smallest absolute Gasteiger partial charge is 0.317 e. The number of rotatable bonds is 5. The zero-order valence-corrected chi connectivity index (χ0v) is 15.9. The fourth-order valence-corrected chi connectivity index (χ4v) is 4.29. The minimum atomic E-state index is 0.0596. The van der Waals surface area contributed by atoms with Crippen LogP contribution in [0.5, 0.6) is 0 Å². The second kappa shape index (κ2) is 8.57. The molecule has 2 aliphatic rings. The highest BCUT2D eigenvalue weighted by Gasteiger charge is 2.27. The first-order valence-electron chi connectivity index (χ1n) is 10.2. The predicted molar refractivity (Wildman–Crippen MR) is 109 cm³/mol. The van der Waals surface area contributed by atoms with Gasteiger partial charge in [0.15, 0.2) is 0 Å². The van der Waals surface area contributed by atoms with E-state index in [2.05, 4.69) is 58.7 Å². The monoisotopic (exact) mass is 363 g/mol. The third-order valence-electron chi connectivity index (χ3n) is 5.89. The highest BCUT2D eigenvalue weighted by Crippen LogP contribution is 2.27. The summed E-state index contributed by atoms with van der Waals surface area (Å²) in [5.41, 5.74) is 3.91. The number of benzene rings is 2. The van der Waals surface area contributed by atoms with E-state index in [1.807, 2.05) is 11.0 Å². The summed E-state index contributed by atoms with van der Waals surface area (Å²) in [7, 11) is 0. The van der Waals surface area contributed by atoms with Gasteiger partial charge in [0.2, 0.25) is 0 Å². The van der Waals surface area contributed by atoms with E-state index in [4.69, 9.17) is 0 Å². The summed E-state index contributed by atoms with van der Waals surface area (Å²) in [6.07, 6.45) is 3.65. The Balaban J connectivity index is 1.32. The van der Waals surface area contributed by atoms with Crippen molar-refractivity contribution in [2.24, 2.45) is 0 Å². The molecule has 0 saturated carbocycles. The van der Waals surface area contributed by atoms with Crippen LogP contribution in [0.25, 0.3) is 0 Å². The van der Waals surface area contributed by atoms with Crippen molar-refractivity contribution in [2.75, 3.05) is 26.2 Å². The molecule has 4 nitrogen and oxygen atoms in total. The van der Waals surface area contributed by atoms with Crippen molar-refractivity contribution < 1.29 is 4.79 Å². The predicted octanol–water partition coefficient (Wildman–Crippen LogP) is 3.98. The number of carbonyl (C=O) groups is 1. The molecular formula is C23H29N3O. The third kappa shape index (κ3) is 4.51. The van der Waals surface area contributed by atoms with Crippen LogP contribution in [0, 0.1) is 0 Å². The lowest BCUT2D eigenvalue weighted by molar-refractivity contribution is 0.207. The molecule has 0 radical (unpaired) electrons. The van der Waals surface area contributed by atoms with Crippen molar-refractivity contribution in [1.29, 1.82) is 0 Å². The average Bonchev–Trinajstić information content (AvgIpc) is 3.40. The van der Waals surface area contributed by atoms with Gasteiger partial charge in [-0.25, -0.2) is 4.79 Å². The Bertz CT molecular complexity index is 755. The Labute approximate surface area is 162 Å². The summed E-state index contributed by atoms with van der Waals surface area (Å²) in [6.45, 7) is 5.62. The molecule has 2 amide bonds. The normalized spacial score (nSPS) is 20.1. The van der Waals surface area contributed by atoms with E-state index < -0.39 is 0 Å². The van der Waals surface area contributed by atoms with E-state index in [9.17, 15) is 4.79 Å². The Hall–Kier alpha value is -2.33. The Morgan fingerprint density at radius 1 is 0.926 bits per heavy atom. The number of hydrogen-bond acceptors (Lipinski definition) is 2. The van der Waals surface area contributed by atoms with Crippen molar-refractivity contribution in [3.63, 3.8) is 0 Å². The maximum absolute atomic E-state index is 12.7. The zero-order chi connectivity index (χ0) is 18.5. The molecule has 0 bridgehead atoms. The maximum atomic E-state index is 12.7. The van der Waals surface area contributed by atoms with Gasteiger partial charge < -0.3 is 10.2 Å². The van der Waals surface area contributed by atoms with Crippen molar-refractivity contribution in [1.82, 2.24) is 15.1 Å². The lowest BCUT2D eigenvalue weighted by Crippen LogP contribution is -2.38. The standard InChI is InChI=1S/C23H29N3O/c27-23(26-15-12-22(18-26)19-8-2-1-3-9-19)24-16-20-10-4-5-11-21(20)17-25-13-6-7-14-25/h1-5,8-11,22H,6-7,12-18H2,(H,24,27)/t22-/m0/s1. The SMILES string of the molecule is O=C(NCc1ccccc1CN1CCCC1)N1CC[C@H](c2ccccc2)C1. The van der Waals surface area contributed by atoms with Gasteiger partial charge in [0.05, 0.1) is 0 Å². The van der Waals surface area contributed by atoms with E-state index in [0.717, 1.165) is 26.1 Å². The molecule has 0 aliphatic carbocycles. The maximum Gasteiger partial charge on any atom is 0.317 e. The molecule has 0 unspecified atom stereocenters. The first-order valence-corrected chi connectivity index (χ1v) is 10.2. The number of amides is 2. The van der Waals surface area contributed by atoms with Crippen LogP contribution in [-0.4, -0.2) is 42.0 Å². The van der Waals surface area contributed by atoms with Gasteiger partial charge in [0.25, 0.3) is 0 Å². The molecule has 2 heterocycles. The zero-order valence-electron chi connectivity index (χ0n) is 15.9. The van der Waals surface area contributed by atoms with Gasteiger partial charge in [0.1, 0.15) is 0 Å². The largest absolute Gasteiger partial charge is 0.334 e. The second-order valence-corrected chi connectivity index (χ2v) is 7.75. The van der Waals surface area contributed by atoms with Gasteiger partial charge in [-0.05, 0) is 49.0 Å². The topological polar surface area (TPSA) is 35.6 Å². The quantitative estimate of drug-likeness (QED) is 0.872. The van der Waals surface area contributed by atoms with E-state index in [0.29, 0.717) is 12.5 Å². The molecule has 2 fully saturated rings. The molecule has 2 aliphatic heterocycles. The molecule has 0 aromatic heterocycles. The summed E-state index contributed by atoms with van der Waals surface area (Å²) < 4.78 is 0. The molecule has 0 spiro atoms. The van der Waals surface area contributed by atoms with Gasteiger partial charge in [-0.2, -0.15) is 0 Å². The van der Waals surface area contributed by atoms with Crippen LogP contribution in [-0.2, 0) is 13.1 Å². The lowest BCUT2D eigenvalue weighted by atomic mass is 9.99. The van der Waals surface area contributed by atoms with E-state index in [-0.39, 0.29) is 6.03 Å². The number of carbonyl (C=O) groups excluding carboxylic acids is 1. The Morgan fingerprint density at radius 2 is 1.63 bits per heavy atom. The number of urea groups is 1. The van der Waals surface area contributed by atoms with Crippen molar-refractivity contribution >= 4 is 6.03 Å². The number of nitrogens with one attached hydrogen (secondary N) is 1.